The number of hydrogen-bond acceptors (Lipinski definition) is 6. The lowest BCUT2D eigenvalue weighted by Crippen LogP contribution is -2.44. The van der Waals surface area contributed by atoms with Crippen molar-refractivity contribution in [2.75, 3.05) is 53.5 Å². The molecule has 2 heterocycles. The molecule has 0 spiro atoms. The van der Waals surface area contributed by atoms with E-state index in [2.05, 4.69) is 26.8 Å². The van der Waals surface area contributed by atoms with E-state index in [0.717, 1.165) is 50.0 Å². The van der Waals surface area contributed by atoms with Gasteiger partial charge in [-0.05, 0) is 19.5 Å². The number of piperazine rings is 1. The molecule has 0 atom stereocenters. The smallest absolute Gasteiger partial charge is 0.162 e. The molecule has 1 aliphatic rings. The zero-order chi connectivity index (χ0) is 16.9. The molecule has 1 saturated heterocycles. The first-order valence-corrected chi connectivity index (χ1v) is 8.57. The lowest BCUT2D eigenvalue weighted by atomic mass is 10.2. The van der Waals surface area contributed by atoms with Crippen LogP contribution < -0.4 is 9.47 Å². The minimum absolute atomic E-state index is 0.421. The predicted octanol–water partition coefficient (Wildman–Crippen LogP) is 2.31. The van der Waals surface area contributed by atoms with Crippen LogP contribution in [0.2, 0.25) is 5.15 Å². The van der Waals surface area contributed by atoms with Crippen LogP contribution in [0.1, 0.15) is 6.42 Å². The van der Waals surface area contributed by atoms with Crippen molar-refractivity contribution in [2.45, 2.75) is 6.42 Å². The van der Waals surface area contributed by atoms with Gasteiger partial charge in [0.25, 0.3) is 0 Å². The molecule has 0 saturated carbocycles. The van der Waals surface area contributed by atoms with Crippen LogP contribution in [0.25, 0.3) is 10.9 Å². The number of aromatic nitrogens is 2. The molecule has 0 N–H and O–H groups in total. The maximum atomic E-state index is 6.14. The van der Waals surface area contributed by atoms with Crippen LogP contribution in [0.5, 0.6) is 11.5 Å². The standard InChI is InChI=1S/C17H23ClN4O2/c1-21-5-7-22(8-6-21)4-3-9-24-16-10-13-14(11-15(16)23-2)19-12-20-17(13)18/h10-12H,3-9H2,1-2H3. The van der Waals surface area contributed by atoms with E-state index in [1.807, 2.05) is 12.1 Å². The van der Waals surface area contributed by atoms with Crippen molar-refractivity contribution in [1.29, 1.82) is 0 Å². The van der Waals surface area contributed by atoms with Gasteiger partial charge in [0.2, 0.25) is 0 Å². The Kier molecular flexibility index (Phi) is 5.71. The molecule has 1 fully saturated rings. The second kappa shape index (κ2) is 7.96. The first-order chi connectivity index (χ1) is 11.7. The minimum atomic E-state index is 0.421. The number of nitrogens with zero attached hydrogens (tertiary/aromatic N) is 4. The van der Waals surface area contributed by atoms with Crippen molar-refractivity contribution >= 4 is 22.5 Å². The van der Waals surface area contributed by atoms with Gasteiger partial charge in [0.05, 0.1) is 19.2 Å². The van der Waals surface area contributed by atoms with Gasteiger partial charge in [-0.2, -0.15) is 0 Å². The third-order valence-corrected chi connectivity index (χ3v) is 4.65. The zero-order valence-corrected chi connectivity index (χ0v) is 14.9. The summed E-state index contributed by atoms with van der Waals surface area (Å²) in [5.41, 5.74) is 0.747. The average molecular weight is 351 g/mol. The van der Waals surface area contributed by atoms with Crippen LogP contribution in [-0.4, -0.2) is 73.3 Å². The van der Waals surface area contributed by atoms with E-state index in [4.69, 9.17) is 21.1 Å². The highest BCUT2D eigenvalue weighted by Crippen LogP contribution is 2.33. The number of likely N-dealkylation sites (N-methyl/N-ethyl adjacent to an activating group) is 1. The van der Waals surface area contributed by atoms with Crippen LogP contribution in [0.3, 0.4) is 0 Å². The molecule has 6 nitrogen and oxygen atoms in total. The van der Waals surface area contributed by atoms with Crippen molar-refractivity contribution in [3.05, 3.63) is 23.6 Å². The van der Waals surface area contributed by atoms with E-state index in [9.17, 15) is 0 Å². The highest BCUT2D eigenvalue weighted by atomic mass is 35.5. The van der Waals surface area contributed by atoms with E-state index >= 15 is 0 Å². The lowest BCUT2D eigenvalue weighted by Gasteiger charge is -2.32. The molecule has 3 rings (SSSR count). The summed E-state index contributed by atoms with van der Waals surface area (Å²) >= 11 is 6.14. The van der Waals surface area contributed by atoms with Gasteiger partial charge in [0.15, 0.2) is 11.5 Å². The average Bonchev–Trinajstić information content (AvgIpc) is 2.60. The molecule has 0 unspecified atom stereocenters. The molecule has 1 aromatic heterocycles. The topological polar surface area (TPSA) is 50.7 Å². The Morgan fingerprint density at radius 3 is 2.67 bits per heavy atom. The normalized spacial score (nSPS) is 16.5. The molecule has 1 aliphatic heterocycles. The van der Waals surface area contributed by atoms with E-state index < -0.39 is 0 Å². The van der Waals surface area contributed by atoms with Crippen molar-refractivity contribution in [3.63, 3.8) is 0 Å². The van der Waals surface area contributed by atoms with Crippen LogP contribution in [0.4, 0.5) is 0 Å². The Hall–Kier alpha value is -1.63. The Morgan fingerprint density at radius 2 is 1.92 bits per heavy atom. The second-order valence-corrected chi connectivity index (χ2v) is 6.39. The third kappa shape index (κ3) is 4.06. The molecule has 7 heteroatoms. The van der Waals surface area contributed by atoms with Crippen molar-refractivity contribution in [1.82, 2.24) is 19.8 Å². The van der Waals surface area contributed by atoms with Crippen LogP contribution in [0, 0.1) is 0 Å². The highest BCUT2D eigenvalue weighted by Gasteiger charge is 2.14. The monoisotopic (exact) mass is 350 g/mol. The fourth-order valence-electron chi connectivity index (χ4n) is 2.85. The summed E-state index contributed by atoms with van der Waals surface area (Å²) in [6.45, 7) is 6.22. The number of rotatable bonds is 6. The van der Waals surface area contributed by atoms with Gasteiger partial charge in [-0.25, -0.2) is 9.97 Å². The fourth-order valence-corrected chi connectivity index (χ4v) is 3.04. The second-order valence-electron chi connectivity index (χ2n) is 6.03. The number of benzene rings is 1. The van der Waals surface area contributed by atoms with E-state index in [1.165, 1.54) is 6.33 Å². The summed E-state index contributed by atoms with van der Waals surface area (Å²) in [6.07, 6.45) is 2.42. The molecule has 0 bridgehead atoms. The molecule has 24 heavy (non-hydrogen) atoms. The summed E-state index contributed by atoms with van der Waals surface area (Å²) in [5.74, 6) is 1.34. The minimum Gasteiger partial charge on any atom is -0.493 e. The summed E-state index contributed by atoms with van der Waals surface area (Å²) in [7, 11) is 3.79. The molecule has 130 valence electrons. The summed E-state index contributed by atoms with van der Waals surface area (Å²) in [5, 5.41) is 1.19. The Bertz CT molecular complexity index is 690. The maximum absolute atomic E-state index is 6.14. The van der Waals surface area contributed by atoms with Gasteiger partial charge >= 0.3 is 0 Å². The quantitative estimate of drug-likeness (QED) is 0.588. The number of halogens is 1. The summed E-state index contributed by atoms with van der Waals surface area (Å²) in [6, 6.07) is 3.69. The Balaban J connectivity index is 1.59. The highest BCUT2D eigenvalue weighted by molar-refractivity contribution is 6.34. The number of methoxy groups -OCH3 is 1. The molecular weight excluding hydrogens is 328 g/mol. The van der Waals surface area contributed by atoms with Crippen LogP contribution >= 0.6 is 11.6 Å². The van der Waals surface area contributed by atoms with Crippen LogP contribution in [-0.2, 0) is 0 Å². The first-order valence-electron chi connectivity index (χ1n) is 8.19. The molecule has 1 aromatic carbocycles. The Morgan fingerprint density at radius 1 is 1.12 bits per heavy atom. The predicted molar refractivity (Wildman–Crippen MR) is 95.1 cm³/mol. The van der Waals surface area contributed by atoms with E-state index in [1.54, 1.807) is 7.11 Å². The summed E-state index contributed by atoms with van der Waals surface area (Å²) < 4.78 is 11.3. The number of hydrogen-bond donors (Lipinski definition) is 0. The Labute approximate surface area is 147 Å². The molecular formula is C17H23ClN4O2. The largest absolute Gasteiger partial charge is 0.493 e. The van der Waals surface area contributed by atoms with Gasteiger partial charge in [0.1, 0.15) is 11.5 Å². The zero-order valence-electron chi connectivity index (χ0n) is 14.2. The summed E-state index contributed by atoms with van der Waals surface area (Å²) in [4.78, 5) is 13.1. The molecule has 0 amide bonds. The third-order valence-electron chi connectivity index (χ3n) is 4.34. The molecule has 2 aromatic rings. The van der Waals surface area contributed by atoms with Crippen molar-refractivity contribution in [2.24, 2.45) is 0 Å². The van der Waals surface area contributed by atoms with Gasteiger partial charge in [-0.3, -0.25) is 0 Å². The van der Waals surface area contributed by atoms with Gasteiger partial charge < -0.3 is 19.3 Å². The van der Waals surface area contributed by atoms with E-state index in [-0.39, 0.29) is 0 Å². The maximum Gasteiger partial charge on any atom is 0.162 e. The van der Waals surface area contributed by atoms with Gasteiger partial charge in [-0.15, -0.1) is 0 Å². The number of fused-ring (bicyclic) bond motifs is 1. The van der Waals surface area contributed by atoms with Crippen molar-refractivity contribution < 1.29 is 9.47 Å². The molecule has 0 aliphatic carbocycles. The van der Waals surface area contributed by atoms with Gasteiger partial charge in [0, 0.05) is 44.2 Å². The van der Waals surface area contributed by atoms with Crippen molar-refractivity contribution in [3.8, 4) is 11.5 Å². The lowest BCUT2D eigenvalue weighted by molar-refractivity contribution is 0.145. The molecule has 0 radical (unpaired) electrons. The van der Waals surface area contributed by atoms with Gasteiger partial charge in [-0.1, -0.05) is 11.6 Å². The van der Waals surface area contributed by atoms with E-state index in [0.29, 0.717) is 23.3 Å². The number of ether oxygens (including phenoxy) is 2. The van der Waals surface area contributed by atoms with Crippen LogP contribution in [0.15, 0.2) is 18.5 Å². The SMILES string of the molecule is COc1cc2ncnc(Cl)c2cc1OCCCN1CCN(C)CC1. The fraction of sp³-hybridized carbons (Fsp3) is 0.529. The first kappa shape index (κ1) is 17.2.